The lowest BCUT2D eigenvalue weighted by Gasteiger charge is -2.29. The number of amides is 1. The summed E-state index contributed by atoms with van der Waals surface area (Å²) in [6.07, 6.45) is 1.59. The van der Waals surface area contributed by atoms with E-state index in [1.807, 2.05) is 24.3 Å². The quantitative estimate of drug-likeness (QED) is 0.549. The third-order valence-corrected chi connectivity index (χ3v) is 5.95. The minimum atomic E-state index is -0.868. The molecule has 2 atom stereocenters. The Labute approximate surface area is 201 Å². The number of benzene rings is 2. The van der Waals surface area contributed by atoms with Gasteiger partial charge in [0.1, 0.15) is 30.8 Å². The third kappa shape index (κ3) is 6.77. The lowest BCUT2D eigenvalue weighted by Crippen LogP contribution is -2.47. The molecule has 0 aliphatic carbocycles. The van der Waals surface area contributed by atoms with Crippen molar-refractivity contribution in [2.75, 3.05) is 46.6 Å². The predicted molar refractivity (Wildman–Crippen MR) is 130 cm³/mol. The van der Waals surface area contributed by atoms with Gasteiger partial charge in [0.2, 0.25) is 5.91 Å². The molecule has 1 amide bonds. The van der Waals surface area contributed by atoms with E-state index in [1.54, 1.807) is 25.3 Å². The van der Waals surface area contributed by atoms with Crippen LogP contribution in [0.1, 0.15) is 38.4 Å². The van der Waals surface area contributed by atoms with E-state index in [0.29, 0.717) is 42.6 Å². The maximum absolute atomic E-state index is 12.7. The van der Waals surface area contributed by atoms with Gasteiger partial charge < -0.3 is 34.3 Å². The van der Waals surface area contributed by atoms with E-state index in [1.165, 1.54) is 0 Å². The third-order valence-electron chi connectivity index (χ3n) is 5.95. The second-order valence-corrected chi connectivity index (χ2v) is 8.30. The van der Waals surface area contributed by atoms with E-state index in [9.17, 15) is 9.90 Å². The van der Waals surface area contributed by atoms with Crippen molar-refractivity contribution in [2.45, 2.75) is 38.8 Å². The molecule has 0 unspecified atom stereocenters. The van der Waals surface area contributed by atoms with Gasteiger partial charge in [-0.15, -0.1) is 0 Å². The van der Waals surface area contributed by atoms with Gasteiger partial charge in [0.15, 0.2) is 11.5 Å². The summed E-state index contributed by atoms with van der Waals surface area (Å²) in [5.41, 5.74) is 0.693. The van der Waals surface area contributed by atoms with E-state index in [0.717, 1.165) is 31.7 Å². The molecule has 2 aromatic rings. The molecule has 2 aliphatic rings. The Kier molecular flexibility index (Phi) is 9.42. The summed E-state index contributed by atoms with van der Waals surface area (Å²) in [6, 6.07) is 12.2. The first kappa shape index (κ1) is 25.6. The lowest BCUT2D eigenvalue weighted by molar-refractivity contribution is -0.123. The molecular formula is C26H36N2O6. The zero-order valence-corrected chi connectivity index (χ0v) is 19.0. The minimum absolute atomic E-state index is 0. The number of nitrogens with one attached hydrogen (secondary N) is 1. The molecule has 8 nitrogen and oxygen atoms in total. The van der Waals surface area contributed by atoms with Crippen molar-refractivity contribution in [1.82, 2.24) is 10.2 Å². The number of hydrogen-bond donors (Lipinski definition) is 2. The molecule has 1 saturated heterocycles. The number of fused-ring (bicyclic) bond motifs is 1. The lowest BCUT2D eigenvalue weighted by atomic mass is 10.0. The predicted octanol–water partition coefficient (Wildman–Crippen LogP) is 3.19. The van der Waals surface area contributed by atoms with Crippen molar-refractivity contribution >= 4 is 5.91 Å². The maximum Gasteiger partial charge on any atom is 0.223 e. The van der Waals surface area contributed by atoms with Crippen LogP contribution in [0, 0.1) is 0 Å². The second kappa shape index (κ2) is 12.5. The number of carbonyl (C=O) groups is 1. The highest BCUT2D eigenvalue weighted by Crippen LogP contribution is 2.33. The van der Waals surface area contributed by atoms with Crippen LogP contribution in [0.3, 0.4) is 0 Å². The van der Waals surface area contributed by atoms with Gasteiger partial charge in [-0.05, 0) is 67.9 Å². The Morgan fingerprint density at radius 2 is 1.74 bits per heavy atom. The summed E-state index contributed by atoms with van der Waals surface area (Å²) in [6.45, 7) is 3.77. The molecule has 2 N–H and O–H groups in total. The Hall–Kier alpha value is -2.97. The Bertz CT molecular complexity index is 914. The zero-order valence-electron chi connectivity index (χ0n) is 19.0. The van der Waals surface area contributed by atoms with Gasteiger partial charge in [-0.2, -0.15) is 0 Å². The van der Waals surface area contributed by atoms with E-state index >= 15 is 0 Å². The molecule has 186 valence electrons. The molecule has 0 aromatic heterocycles. The largest absolute Gasteiger partial charge is 0.497 e. The molecular weight excluding hydrogens is 436 g/mol. The van der Waals surface area contributed by atoms with Gasteiger partial charge in [-0.25, -0.2) is 0 Å². The highest BCUT2D eigenvalue weighted by atomic mass is 16.6. The fourth-order valence-corrected chi connectivity index (χ4v) is 4.16. The number of nitrogens with zero attached hydrogens (tertiary/aromatic N) is 1. The average molecular weight is 473 g/mol. The number of methoxy groups -OCH3 is 1. The molecule has 0 saturated carbocycles. The van der Waals surface area contributed by atoms with Gasteiger partial charge in [0.05, 0.1) is 26.2 Å². The van der Waals surface area contributed by atoms with Gasteiger partial charge in [0.25, 0.3) is 0 Å². The number of aliphatic hydroxyl groups is 1. The fraction of sp³-hybridized carbons (Fsp3) is 0.500. The van der Waals surface area contributed by atoms with Crippen molar-refractivity contribution in [1.29, 1.82) is 0 Å². The maximum atomic E-state index is 12.7. The fourth-order valence-electron chi connectivity index (χ4n) is 4.16. The zero-order chi connectivity index (χ0) is 23.0. The summed E-state index contributed by atoms with van der Waals surface area (Å²) in [5.74, 6) is 2.56. The minimum Gasteiger partial charge on any atom is -0.497 e. The van der Waals surface area contributed by atoms with Crippen LogP contribution in [-0.4, -0.2) is 68.5 Å². The van der Waals surface area contributed by atoms with Crippen LogP contribution in [0.4, 0.5) is 0 Å². The summed E-state index contributed by atoms with van der Waals surface area (Å²) in [4.78, 5) is 15.0. The van der Waals surface area contributed by atoms with E-state index in [4.69, 9.17) is 18.9 Å². The normalized spacial score (nSPS) is 16.8. The molecule has 1 fully saturated rings. The van der Waals surface area contributed by atoms with E-state index in [-0.39, 0.29) is 26.4 Å². The van der Waals surface area contributed by atoms with Gasteiger partial charge in [-0.3, -0.25) is 4.79 Å². The molecule has 4 rings (SSSR count). The van der Waals surface area contributed by atoms with Crippen LogP contribution < -0.4 is 24.3 Å². The van der Waals surface area contributed by atoms with Crippen LogP contribution in [0.25, 0.3) is 0 Å². The molecule has 2 heterocycles. The smallest absolute Gasteiger partial charge is 0.223 e. The molecule has 2 aromatic carbocycles. The topological polar surface area (TPSA) is 89.5 Å². The van der Waals surface area contributed by atoms with Gasteiger partial charge in [0, 0.05) is 6.54 Å². The van der Waals surface area contributed by atoms with Crippen molar-refractivity contribution in [3.05, 3.63) is 48.0 Å². The van der Waals surface area contributed by atoms with Crippen LogP contribution in [0.15, 0.2) is 42.5 Å². The number of ether oxygens (including phenoxy) is 4. The number of aliphatic hydroxyl groups excluding tert-OH is 1. The Morgan fingerprint density at radius 1 is 1.06 bits per heavy atom. The monoisotopic (exact) mass is 472 g/mol. The number of likely N-dealkylation sites (tertiary alicyclic amines) is 1. The van der Waals surface area contributed by atoms with Crippen LogP contribution in [0.2, 0.25) is 0 Å². The van der Waals surface area contributed by atoms with Crippen LogP contribution in [-0.2, 0) is 4.79 Å². The molecule has 0 spiro atoms. The number of hydrogen-bond acceptors (Lipinski definition) is 7. The first-order valence-corrected chi connectivity index (χ1v) is 11.5. The average Bonchev–Trinajstić information content (AvgIpc) is 3.36. The summed E-state index contributed by atoms with van der Waals surface area (Å²) in [5, 5.41) is 14.2. The van der Waals surface area contributed by atoms with E-state index < -0.39 is 12.1 Å². The van der Waals surface area contributed by atoms with Crippen molar-refractivity contribution in [2.24, 2.45) is 0 Å². The highest BCUT2D eigenvalue weighted by Gasteiger charge is 2.27. The van der Waals surface area contributed by atoms with Crippen molar-refractivity contribution in [3.8, 4) is 23.0 Å². The van der Waals surface area contributed by atoms with E-state index in [2.05, 4.69) is 10.2 Å². The Morgan fingerprint density at radius 3 is 2.44 bits per heavy atom. The molecule has 34 heavy (non-hydrogen) atoms. The van der Waals surface area contributed by atoms with Gasteiger partial charge >= 0.3 is 0 Å². The number of carbonyl (C=O) groups excluding carboxylic acids is 1. The second-order valence-electron chi connectivity index (χ2n) is 8.30. The first-order chi connectivity index (χ1) is 16.1. The molecule has 8 heteroatoms. The number of rotatable bonds is 10. The van der Waals surface area contributed by atoms with Crippen LogP contribution >= 0.6 is 0 Å². The SMILES string of the molecule is C.COc1ccc(OCCC(=O)N[C@@H](CN2CCCC2)[C@@H](O)c2ccc3c(c2)OCCO3)cc1. The molecule has 0 radical (unpaired) electrons. The highest BCUT2D eigenvalue weighted by molar-refractivity contribution is 5.76. The van der Waals surface area contributed by atoms with Crippen molar-refractivity contribution in [3.63, 3.8) is 0 Å². The Balaban J connectivity index is 0.00000324. The standard InChI is InChI=1S/C25H32N2O6.CH4/c1-30-19-5-7-20(8-6-19)31-13-10-24(28)26-21(17-27-11-2-3-12-27)25(29)18-4-9-22-23(16-18)33-15-14-32-22;/h4-9,16,21,25,29H,2-3,10-15,17H2,1H3,(H,26,28);1H4/t21-,25-;/m0./s1. The molecule has 2 aliphatic heterocycles. The van der Waals surface area contributed by atoms with Crippen molar-refractivity contribution < 1.29 is 28.8 Å². The summed E-state index contributed by atoms with van der Waals surface area (Å²) in [7, 11) is 1.61. The summed E-state index contributed by atoms with van der Waals surface area (Å²) >= 11 is 0. The van der Waals surface area contributed by atoms with Gasteiger partial charge in [-0.1, -0.05) is 13.5 Å². The summed E-state index contributed by atoms with van der Waals surface area (Å²) < 4.78 is 22.1. The molecule has 0 bridgehead atoms. The first-order valence-electron chi connectivity index (χ1n) is 11.5. The van der Waals surface area contributed by atoms with Crippen LogP contribution in [0.5, 0.6) is 23.0 Å².